The highest BCUT2D eigenvalue weighted by Gasteiger charge is 2.29. The highest BCUT2D eigenvalue weighted by Crippen LogP contribution is 2.30. The van der Waals surface area contributed by atoms with Crippen molar-refractivity contribution in [2.24, 2.45) is 7.05 Å². The number of rotatable bonds is 5. The van der Waals surface area contributed by atoms with Gasteiger partial charge < -0.3 is 9.47 Å². The van der Waals surface area contributed by atoms with Gasteiger partial charge in [-0.05, 0) is 25.8 Å². The summed E-state index contributed by atoms with van der Waals surface area (Å²) in [7, 11) is 1.96. The Hall–Kier alpha value is -2.96. The van der Waals surface area contributed by atoms with Crippen LogP contribution in [0.1, 0.15) is 43.1 Å². The minimum atomic E-state index is 0.189. The van der Waals surface area contributed by atoms with Crippen molar-refractivity contribution >= 4 is 5.91 Å². The summed E-state index contributed by atoms with van der Waals surface area (Å²) in [5, 5.41) is 13.1. The Morgan fingerprint density at radius 2 is 2.00 bits per heavy atom. The molecule has 4 rings (SSSR count). The van der Waals surface area contributed by atoms with Gasteiger partial charge in [-0.2, -0.15) is 5.10 Å². The molecular formula is C21H26N6O. The zero-order chi connectivity index (χ0) is 19.7. The first kappa shape index (κ1) is 18.4. The van der Waals surface area contributed by atoms with Crippen LogP contribution >= 0.6 is 0 Å². The summed E-state index contributed by atoms with van der Waals surface area (Å²) in [6, 6.07) is 10.4. The molecule has 7 heteroatoms. The molecule has 0 spiro atoms. The predicted octanol–water partition coefficient (Wildman–Crippen LogP) is 2.78. The van der Waals surface area contributed by atoms with Crippen molar-refractivity contribution in [3.63, 3.8) is 0 Å². The summed E-state index contributed by atoms with van der Waals surface area (Å²) in [5.41, 5.74) is 4.31. The summed E-state index contributed by atoms with van der Waals surface area (Å²) in [5.74, 6) is 0.958. The standard InChI is InChI=1S/C21H26N6O/c1-15(2)27-14-22-23-21(27)20-17-13-26(12-11-18(17)25(3)24-20)19(28)10-9-16-7-5-4-6-8-16/h4-8,14-15H,9-13H2,1-3H3. The fraction of sp³-hybridized carbons (Fsp3) is 0.429. The second kappa shape index (κ2) is 7.58. The molecule has 0 saturated carbocycles. The van der Waals surface area contributed by atoms with E-state index >= 15 is 0 Å². The second-order valence-corrected chi connectivity index (χ2v) is 7.60. The Balaban J connectivity index is 1.54. The molecular weight excluding hydrogens is 352 g/mol. The molecule has 1 aromatic carbocycles. The third-order valence-corrected chi connectivity index (χ3v) is 5.41. The molecule has 0 bridgehead atoms. The summed E-state index contributed by atoms with van der Waals surface area (Å²) < 4.78 is 3.95. The van der Waals surface area contributed by atoms with Gasteiger partial charge in [-0.1, -0.05) is 30.3 Å². The van der Waals surface area contributed by atoms with Crippen LogP contribution in [0.2, 0.25) is 0 Å². The first-order valence-electron chi connectivity index (χ1n) is 9.81. The SMILES string of the molecule is CC(C)n1cnnc1-c1nn(C)c2c1CN(C(=O)CCc1ccccc1)CC2. The molecule has 7 nitrogen and oxygen atoms in total. The van der Waals surface area contributed by atoms with Gasteiger partial charge in [0.1, 0.15) is 12.0 Å². The molecule has 0 fully saturated rings. The number of nitrogens with zero attached hydrogens (tertiary/aromatic N) is 6. The van der Waals surface area contributed by atoms with E-state index in [1.807, 2.05) is 39.4 Å². The van der Waals surface area contributed by atoms with Gasteiger partial charge in [-0.25, -0.2) is 0 Å². The average molecular weight is 378 g/mol. The van der Waals surface area contributed by atoms with Gasteiger partial charge in [0.25, 0.3) is 0 Å². The van der Waals surface area contributed by atoms with Gasteiger partial charge >= 0.3 is 0 Å². The van der Waals surface area contributed by atoms with Crippen LogP contribution in [0.4, 0.5) is 0 Å². The van der Waals surface area contributed by atoms with Gasteiger partial charge in [0.15, 0.2) is 5.82 Å². The van der Waals surface area contributed by atoms with Crippen molar-refractivity contribution in [1.29, 1.82) is 0 Å². The van der Waals surface area contributed by atoms with Crippen molar-refractivity contribution in [2.75, 3.05) is 6.54 Å². The van der Waals surface area contributed by atoms with Gasteiger partial charge in [0.05, 0.1) is 0 Å². The minimum Gasteiger partial charge on any atom is -0.338 e. The molecule has 1 aliphatic rings. The van der Waals surface area contributed by atoms with Crippen molar-refractivity contribution in [2.45, 2.75) is 45.7 Å². The molecule has 0 saturated heterocycles. The van der Waals surface area contributed by atoms with E-state index in [1.165, 1.54) is 11.3 Å². The lowest BCUT2D eigenvalue weighted by atomic mass is 10.0. The average Bonchev–Trinajstić information content (AvgIpc) is 3.31. The van der Waals surface area contributed by atoms with E-state index in [2.05, 4.69) is 36.2 Å². The van der Waals surface area contributed by atoms with E-state index in [-0.39, 0.29) is 11.9 Å². The maximum atomic E-state index is 12.8. The van der Waals surface area contributed by atoms with Crippen LogP contribution in [0, 0.1) is 0 Å². The minimum absolute atomic E-state index is 0.189. The number of fused-ring (bicyclic) bond motifs is 1. The molecule has 1 aliphatic heterocycles. The normalized spacial score (nSPS) is 13.8. The summed E-state index contributed by atoms with van der Waals surface area (Å²) in [4.78, 5) is 14.8. The number of hydrogen-bond acceptors (Lipinski definition) is 4. The highest BCUT2D eigenvalue weighted by atomic mass is 16.2. The van der Waals surface area contributed by atoms with E-state index in [0.29, 0.717) is 13.0 Å². The molecule has 3 heterocycles. The maximum Gasteiger partial charge on any atom is 0.223 e. The molecule has 0 unspecified atom stereocenters. The van der Waals surface area contributed by atoms with Crippen LogP contribution in [0.25, 0.3) is 11.5 Å². The smallest absolute Gasteiger partial charge is 0.223 e. The summed E-state index contributed by atoms with van der Waals surface area (Å²) >= 11 is 0. The van der Waals surface area contributed by atoms with Crippen molar-refractivity contribution in [3.8, 4) is 11.5 Å². The first-order chi connectivity index (χ1) is 13.5. The van der Waals surface area contributed by atoms with Crippen LogP contribution in [0.5, 0.6) is 0 Å². The highest BCUT2D eigenvalue weighted by molar-refractivity contribution is 5.77. The quantitative estimate of drug-likeness (QED) is 0.685. The number of carbonyl (C=O) groups is 1. The lowest BCUT2D eigenvalue weighted by Crippen LogP contribution is -2.36. The van der Waals surface area contributed by atoms with Crippen LogP contribution in [0.15, 0.2) is 36.7 Å². The van der Waals surface area contributed by atoms with E-state index in [9.17, 15) is 4.79 Å². The van der Waals surface area contributed by atoms with Crippen molar-refractivity contribution in [1.82, 2.24) is 29.4 Å². The lowest BCUT2D eigenvalue weighted by Gasteiger charge is -2.28. The van der Waals surface area contributed by atoms with Crippen LogP contribution < -0.4 is 0 Å². The van der Waals surface area contributed by atoms with Crippen molar-refractivity contribution < 1.29 is 4.79 Å². The number of aromatic nitrogens is 5. The molecule has 0 atom stereocenters. The molecule has 0 aliphatic carbocycles. The molecule has 2 aromatic heterocycles. The monoisotopic (exact) mass is 378 g/mol. The topological polar surface area (TPSA) is 68.8 Å². The predicted molar refractivity (Wildman–Crippen MR) is 106 cm³/mol. The molecule has 1 amide bonds. The molecule has 0 radical (unpaired) electrons. The van der Waals surface area contributed by atoms with Crippen LogP contribution in [-0.4, -0.2) is 41.9 Å². The van der Waals surface area contributed by atoms with Gasteiger partial charge in [-0.15, -0.1) is 10.2 Å². The fourth-order valence-corrected chi connectivity index (χ4v) is 3.83. The summed E-state index contributed by atoms with van der Waals surface area (Å²) in [6.45, 7) is 5.51. The van der Waals surface area contributed by atoms with Crippen LogP contribution in [0.3, 0.4) is 0 Å². The van der Waals surface area contributed by atoms with Gasteiger partial charge in [0.2, 0.25) is 5.91 Å². The molecule has 28 heavy (non-hydrogen) atoms. The third-order valence-electron chi connectivity index (χ3n) is 5.41. The van der Waals surface area contributed by atoms with Gasteiger partial charge in [-0.3, -0.25) is 9.48 Å². The van der Waals surface area contributed by atoms with E-state index in [4.69, 9.17) is 5.10 Å². The number of carbonyl (C=O) groups excluding carboxylic acids is 1. The third kappa shape index (κ3) is 3.44. The number of hydrogen-bond donors (Lipinski definition) is 0. The maximum absolute atomic E-state index is 12.8. The van der Waals surface area contributed by atoms with Crippen molar-refractivity contribution in [3.05, 3.63) is 53.5 Å². The number of benzene rings is 1. The zero-order valence-electron chi connectivity index (χ0n) is 16.7. The van der Waals surface area contributed by atoms with Gasteiger partial charge in [0, 0.05) is 50.3 Å². The zero-order valence-corrected chi connectivity index (χ0v) is 16.7. The lowest BCUT2D eigenvalue weighted by molar-refractivity contribution is -0.132. The van der Waals surface area contributed by atoms with E-state index < -0.39 is 0 Å². The van der Waals surface area contributed by atoms with E-state index in [0.717, 1.165) is 36.5 Å². The Morgan fingerprint density at radius 1 is 1.21 bits per heavy atom. The Kier molecular flexibility index (Phi) is 4.98. The van der Waals surface area contributed by atoms with Crippen LogP contribution in [-0.2, 0) is 31.2 Å². The molecule has 146 valence electrons. The fourth-order valence-electron chi connectivity index (χ4n) is 3.83. The first-order valence-corrected chi connectivity index (χ1v) is 9.81. The largest absolute Gasteiger partial charge is 0.338 e. The molecule has 3 aromatic rings. The number of amides is 1. The molecule has 0 N–H and O–H groups in total. The Morgan fingerprint density at radius 3 is 2.75 bits per heavy atom. The number of aryl methyl sites for hydroxylation is 2. The summed E-state index contributed by atoms with van der Waals surface area (Å²) in [6.07, 6.45) is 3.85. The second-order valence-electron chi connectivity index (χ2n) is 7.60. The van der Waals surface area contributed by atoms with E-state index in [1.54, 1.807) is 6.33 Å². The Bertz CT molecular complexity index is 972. The Labute approximate surface area is 165 Å².